The van der Waals surface area contributed by atoms with E-state index in [4.69, 9.17) is 9.79 Å². The minimum Gasteiger partial charge on any atom is -0.343 e. The summed E-state index contributed by atoms with van der Waals surface area (Å²) in [7, 11) is -2.99. The molecule has 1 heterocycles. The Morgan fingerprint density at radius 2 is 1.24 bits per heavy atom. The molecule has 2 unspecified atom stereocenters. The monoisotopic (exact) mass is 425 g/mol. The Labute approximate surface area is 158 Å². The average molecular weight is 425 g/mol. The number of imidazole rings is 1. The van der Waals surface area contributed by atoms with E-state index in [2.05, 4.69) is 4.98 Å². The third-order valence-electron chi connectivity index (χ3n) is 2.68. The van der Waals surface area contributed by atoms with Gasteiger partial charge in [-0.05, 0) is 24.3 Å². The molecule has 1 aromatic heterocycles. The van der Waals surface area contributed by atoms with Gasteiger partial charge in [-0.3, -0.25) is 9.13 Å². The topological polar surface area (TPSA) is 92.4 Å². The van der Waals surface area contributed by atoms with E-state index in [0.717, 1.165) is 0 Å². The van der Waals surface area contributed by atoms with Gasteiger partial charge in [0.2, 0.25) is 16.1 Å². The second-order valence-electron chi connectivity index (χ2n) is 4.57. The Morgan fingerprint density at radius 1 is 0.840 bits per heavy atom. The Hall–Kier alpha value is -1.46. The SMILES string of the molecule is Cn1ccnc1.O=[PH](O)c1ccccc1.O=[PH](O)c1ccccc1.[Co]. The third-order valence-corrected chi connectivity index (χ3v) is 4.33. The van der Waals surface area contributed by atoms with E-state index in [0.29, 0.717) is 10.6 Å². The van der Waals surface area contributed by atoms with E-state index in [1.165, 1.54) is 0 Å². The molecule has 2 aromatic carbocycles. The molecule has 3 aromatic rings. The van der Waals surface area contributed by atoms with Gasteiger partial charge in [0.05, 0.1) is 6.33 Å². The Morgan fingerprint density at radius 3 is 1.40 bits per heavy atom. The smallest absolute Gasteiger partial charge is 0.218 e. The van der Waals surface area contributed by atoms with Crippen LogP contribution in [0.1, 0.15) is 0 Å². The molecule has 1 radical (unpaired) electrons. The summed E-state index contributed by atoms with van der Waals surface area (Å²) in [4.78, 5) is 20.9. The van der Waals surface area contributed by atoms with Gasteiger partial charge in [-0.15, -0.1) is 0 Å². The van der Waals surface area contributed by atoms with E-state index in [-0.39, 0.29) is 16.8 Å². The van der Waals surface area contributed by atoms with Gasteiger partial charge in [-0.1, -0.05) is 36.4 Å². The zero-order valence-electron chi connectivity index (χ0n) is 13.4. The molecule has 0 saturated carbocycles. The van der Waals surface area contributed by atoms with Crippen LogP contribution >= 0.6 is 16.1 Å². The summed E-state index contributed by atoms with van der Waals surface area (Å²) < 4.78 is 22.7. The maximum absolute atomic E-state index is 10.4. The summed E-state index contributed by atoms with van der Waals surface area (Å²) >= 11 is 0. The molecule has 0 aliphatic carbocycles. The molecule has 137 valence electrons. The van der Waals surface area contributed by atoms with Crippen molar-refractivity contribution in [2.45, 2.75) is 0 Å². The summed E-state index contributed by atoms with van der Waals surface area (Å²) in [6, 6.07) is 17.2. The quantitative estimate of drug-likeness (QED) is 0.613. The van der Waals surface area contributed by atoms with Crippen LogP contribution in [0.4, 0.5) is 0 Å². The molecule has 3 rings (SSSR count). The standard InChI is InChI=1S/2C6H7O2P.C4H6N2.Co/c2*7-9(8)6-4-2-1-3-5-6;1-6-3-2-5-4-6;/h2*1-5,9H,(H,7,8);2-4H,1H3;. The molecule has 6 nitrogen and oxygen atoms in total. The second-order valence-corrected chi connectivity index (χ2v) is 6.95. The van der Waals surface area contributed by atoms with Crippen LogP contribution in [-0.4, -0.2) is 19.3 Å². The van der Waals surface area contributed by atoms with Crippen molar-refractivity contribution in [1.29, 1.82) is 0 Å². The predicted molar refractivity (Wildman–Crippen MR) is 97.8 cm³/mol. The van der Waals surface area contributed by atoms with Crippen molar-refractivity contribution in [2.75, 3.05) is 0 Å². The zero-order valence-corrected chi connectivity index (χ0v) is 16.5. The fourth-order valence-corrected chi connectivity index (χ4v) is 2.44. The van der Waals surface area contributed by atoms with Crippen LogP contribution in [0.2, 0.25) is 0 Å². The van der Waals surface area contributed by atoms with Gasteiger partial charge in [0.1, 0.15) is 0 Å². The summed E-state index contributed by atoms with van der Waals surface area (Å²) in [6.07, 6.45) is 5.39. The maximum atomic E-state index is 10.4. The van der Waals surface area contributed by atoms with Gasteiger partial charge in [-0.2, -0.15) is 0 Å². The summed E-state index contributed by atoms with van der Waals surface area (Å²) in [5.41, 5.74) is 0. The molecule has 0 spiro atoms. The van der Waals surface area contributed by atoms with Crippen LogP contribution in [0.25, 0.3) is 0 Å². The number of hydrogen-bond donors (Lipinski definition) is 2. The van der Waals surface area contributed by atoms with Gasteiger partial charge in [0.25, 0.3) is 0 Å². The number of nitrogens with zero attached hydrogens (tertiary/aromatic N) is 2. The molecule has 0 amide bonds. The fraction of sp³-hybridized carbons (Fsp3) is 0.0625. The largest absolute Gasteiger partial charge is 0.343 e. The zero-order chi connectivity index (χ0) is 17.8. The first kappa shape index (κ1) is 23.5. The van der Waals surface area contributed by atoms with Gasteiger partial charge >= 0.3 is 0 Å². The van der Waals surface area contributed by atoms with Crippen molar-refractivity contribution in [2.24, 2.45) is 7.05 Å². The van der Waals surface area contributed by atoms with Gasteiger partial charge in [-0.25, -0.2) is 4.98 Å². The van der Waals surface area contributed by atoms with E-state index in [1.807, 2.05) is 29.9 Å². The number of hydrogen-bond acceptors (Lipinski definition) is 3. The van der Waals surface area contributed by atoms with E-state index in [9.17, 15) is 9.13 Å². The first-order valence-corrected chi connectivity index (χ1v) is 9.70. The molecule has 2 atom stereocenters. The normalized spacial score (nSPS) is 11.5. The molecule has 0 bridgehead atoms. The number of rotatable bonds is 2. The molecule has 0 saturated heterocycles. The molecule has 0 aliphatic heterocycles. The van der Waals surface area contributed by atoms with Crippen LogP contribution in [0, 0.1) is 0 Å². The Balaban J connectivity index is 0.000000346. The Kier molecular flexibility index (Phi) is 13.0. The molecular weight excluding hydrogens is 405 g/mol. The first-order valence-electron chi connectivity index (χ1n) is 6.99. The molecule has 0 aliphatic rings. The van der Waals surface area contributed by atoms with Crippen molar-refractivity contribution >= 4 is 26.7 Å². The first-order chi connectivity index (χ1) is 11.5. The number of aryl methyl sites for hydroxylation is 1. The average Bonchev–Trinajstić information content (AvgIpc) is 3.08. The summed E-state index contributed by atoms with van der Waals surface area (Å²) in [5.74, 6) is 0. The van der Waals surface area contributed by atoms with Gasteiger partial charge < -0.3 is 14.4 Å². The third kappa shape index (κ3) is 10.9. The van der Waals surface area contributed by atoms with Gasteiger partial charge in [0, 0.05) is 46.8 Å². The van der Waals surface area contributed by atoms with Gasteiger partial charge in [0.15, 0.2) is 0 Å². The second kappa shape index (κ2) is 13.8. The van der Waals surface area contributed by atoms with Crippen molar-refractivity contribution in [1.82, 2.24) is 9.55 Å². The Bertz CT molecular complexity index is 692. The van der Waals surface area contributed by atoms with Crippen LogP contribution in [0.15, 0.2) is 79.4 Å². The molecule has 9 heteroatoms. The van der Waals surface area contributed by atoms with E-state index < -0.39 is 16.1 Å². The van der Waals surface area contributed by atoms with Crippen molar-refractivity contribution in [3.05, 3.63) is 79.4 Å². The fourth-order valence-electron chi connectivity index (χ4n) is 1.49. The summed E-state index contributed by atoms with van der Waals surface area (Å²) in [5, 5.41) is 1.03. The molecule has 25 heavy (non-hydrogen) atoms. The number of benzene rings is 2. The maximum Gasteiger partial charge on any atom is 0.218 e. The predicted octanol–water partition coefficient (Wildman–Crippen LogP) is 1.98. The molecule has 0 fully saturated rings. The van der Waals surface area contributed by atoms with Crippen molar-refractivity contribution in [3.8, 4) is 0 Å². The van der Waals surface area contributed by atoms with E-state index >= 15 is 0 Å². The van der Waals surface area contributed by atoms with Crippen LogP contribution < -0.4 is 10.6 Å². The molecular formula is C16H20CoN2O4P2. The van der Waals surface area contributed by atoms with Crippen molar-refractivity contribution < 1.29 is 35.7 Å². The minimum atomic E-state index is -2.46. The van der Waals surface area contributed by atoms with Crippen LogP contribution in [0.5, 0.6) is 0 Å². The van der Waals surface area contributed by atoms with E-state index in [1.54, 1.807) is 61.1 Å². The van der Waals surface area contributed by atoms with Crippen LogP contribution in [-0.2, 0) is 33.0 Å². The molecule has 2 N–H and O–H groups in total. The van der Waals surface area contributed by atoms with Crippen molar-refractivity contribution in [3.63, 3.8) is 0 Å². The minimum absolute atomic E-state index is 0. The van der Waals surface area contributed by atoms with Crippen LogP contribution in [0.3, 0.4) is 0 Å². The summed E-state index contributed by atoms with van der Waals surface area (Å²) in [6.45, 7) is 0. The number of aromatic nitrogens is 2.